The van der Waals surface area contributed by atoms with Crippen LogP contribution in [-0.2, 0) is 0 Å². The lowest BCUT2D eigenvalue weighted by Crippen LogP contribution is -2.54. The van der Waals surface area contributed by atoms with Crippen LogP contribution in [0.2, 0.25) is 0 Å². The molecule has 6 rings (SSSR count). The maximum atomic E-state index is 11.7. The molecule has 0 amide bonds. The van der Waals surface area contributed by atoms with E-state index in [1.165, 1.54) is 31.4 Å². The number of rotatable bonds is 2. The number of nitrogens with zero attached hydrogens (tertiary/aromatic N) is 3. The first-order valence-corrected chi connectivity index (χ1v) is 10.4. The molecular formula is C21H21N3OS. The van der Waals surface area contributed by atoms with Crippen molar-refractivity contribution >= 4 is 27.2 Å². The van der Waals surface area contributed by atoms with Crippen LogP contribution in [0.3, 0.4) is 0 Å². The summed E-state index contributed by atoms with van der Waals surface area (Å²) in [5.74, 6) is 0. The first kappa shape index (κ1) is 15.1. The van der Waals surface area contributed by atoms with Gasteiger partial charge in [0, 0.05) is 43.0 Å². The van der Waals surface area contributed by atoms with Gasteiger partial charge in [-0.15, -0.1) is 11.3 Å². The smallest absolute Gasteiger partial charge is 0.180 e. The molecule has 2 aliphatic carbocycles. The van der Waals surface area contributed by atoms with Crippen molar-refractivity contribution in [3.05, 3.63) is 46.6 Å². The predicted molar refractivity (Wildman–Crippen MR) is 106 cm³/mol. The number of anilines is 1. The zero-order chi connectivity index (χ0) is 17.3. The Morgan fingerprint density at radius 1 is 0.923 bits per heavy atom. The highest BCUT2D eigenvalue weighted by Gasteiger charge is 2.46. The number of aromatic nitrogens is 1. The van der Waals surface area contributed by atoms with E-state index in [9.17, 15) is 4.79 Å². The largest absolute Gasteiger partial charge is 0.368 e. The second kappa shape index (κ2) is 5.51. The van der Waals surface area contributed by atoms with E-state index in [1.54, 1.807) is 23.5 Å². The quantitative estimate of drug-likeness (QED) is 0.652. The molecule has 0 unspecified atom stereocenters. The topological polar surface area (TPSA) is 36.4 Å². The highest BCUT2D eigenvalue weighted by atomic mass is 32.1. The van der Waals surface area contributed by atoms with Gasteiger partial charge in [-0.2, -0.15) is 0 Å². The summed E-state index contributed by atoms with van der Waals surface area (Å²) >= 11 is 1.68. The van der Waals surface area contributed by atoms with E-state index in [0.29, 0.717) is 0 Å². The SMILES string of the molecule is O=c1ccc2nc3ccc(N4C[C@H]5CC[C@@H](C4)N5C4CC4)cc3sc-2c1. The van der Waals surface area contributed by atoms with E-state index >= 15 is 0 Å². The van der Waals surface area contributed by atoms with Gasteiger partial charge in [0.15, 0.2) is 5.43 Å². The highest BCUT2D eigenvalue weighted by molar-refractivity contribution is 7.21. The summed E-state index contributed by atoms with van der Waals surface area (Å²) in [5, 5.41) is 0. The summed E-state index contributed by atoms with van der Waals surface area (Å²) in [6.45, 7) is 2.30. The lowest BCUT2D eigenvalue weighted by molar-refractivity contribution is 0.159. The third-order valence-corrected chi connectivity index (χ3v) is 7.30. The maximum absolute atomic E-state index is 11.7. The van der Waals surface area contributed by atoms with Crippen LogP contribution in [0.25, 0.3) is 20.8 Å². The average Bonchev–Trinajstić information content (AvgIpc) is 3.45. The first-order valence-electron chi connectivity index (χ1n) is 9.62. The molecule has 1 aromatic carbocycles. The van der Waals surface area contributed by atoms with Crippen LogP contribution in [0.1, 0.15) is 25.7 Å². The molecule has 4 nitrogen and oxygen atoms in total. The minimum Gasteiger partial charge on any atom is -0.368 e. The maximum Gasteiger partial charge on any atom is 0.180 e. The molecule has 3 fully saturated rings. The van der Waals surface area contributed by atoms with Crippen molar-refractivity contribution in [2.45, 2.75) is 43.8 Å². The van der Waals surface area contributed by atoms with Crippen LogP contribution >= 0.6 is 11.3 Å². The standard InChI is InChI=1S/C21H21N3OS/c25-17-6-8-19-21(10-17)26-20-9-14(5-7-18(20)22-19)23-11-15-3-4-16(12-23)24(15)13-1-2-13/h5-10,13,15-16H,1-4,11-12H2/t15-,16+. The average molecular weight is 363 g/mol. The molecule has 0 aromatic heterocycles. The third kappa shape index (κ3) is 2.37. The lowest BCUT2D eigenvalue weighted by atomic mass is 10.1. The number of hydrogen-bond donors (Lipinski definition) is 0. The molecule has 3 aliphatic heterocycles. The van der Waals surface area contributed by atoms with Crippen molar-refractivity contribution < 1.29 is 0 Å². The van der Waals surface area contributed by atoms with E-state index < -0.39 is 0 Å². The van der Waals surface area contributed by atoms with Crippen molar-refractivity contribution in [2.75, 3.05) is 18.0 Å². The normalized spacial score (nSPS) is 26.1. The predicted octanol–water partition coefficient (Wildman–Crippen LogP) is 3.58. The van der Waals surface area contributed by atoms with Gasteiger partial charge in [-0.1, -0.05) is 0 Å². The molecule has 5 heteroatoms. The zero-order valence-electron chi connectivity index (χ0n) is 14.6. The van der Waals surface area contributed by atoms with Crippen LogP contribution in [-0.4, -0.2) is 41.1 Å². The summed E-state index contributed by atoms with van der Waals surface area (Å²) in [5.41, 5.74) is 3.29. The molecule has 0 spiro atoms. The third-order valence-electron chi connectivity index (χ3n) is 6.21. The van der Waals surface area contributed by atoms with Crippen molar-refractivity contribution in [2.24, 2.45) is 0 Å². The summed E-state index contributed by atoms with van der Waals surface area (Å²) in [4.78, 5) is 22.8. The van der Waals surface area contributed by atoms with Gasteiger partial charge in [-0.25, -0.2) is 4.98 Å². The molecule has 0 N–H and O–H groups in total. The summed E-state index contributed by atoms with van der Waals surface area (Å²) in [6, 6.07) is 14.1. The fraction of sp³-hybridized carbons (Fsp3) is 0.429. The molecular weight excluding hydrogens is 342 g/mol. The molecule has 132 valence electrons. The lowest BCUT2D eigenvalue weighted by Gasteiger charge is -2.42. The van der Waals surface area contributed by atoms with Gasteiger partial charge in [0.05, 0.1) is 20.8 Å². The zero-order valence-corrected chi connectivity index (χ0v) is 15.4. The minimum absolute atomic E-state index is 0.0545. The fourth-order valence-electron chi connectivity index (χ4n) is 4.91. The number of benzene rings is 2. The van der Waals surface area contributed by atoms with Crippen LogP contribution in [0.4, 0.5) is 5.69 Å². The van der Waals surface area contributed by atoms with Crippen molar-refractivity contribution in [3.63, 3.8) is 0 Å². The van der Waals surface area contributed by atoms with E-state index in [4.69, 9.17) is 4.98 Å². The summed E-state index contributed by atoms with van der Waals surface area (Å²) in [7, 11) is 0. The van der Waals surface area contributed by atoms with Gasteiger partial charge >= 0.3 is 0 Å². The minimum atomic E-state index is 0.0545. The first-order chi connectivity index (χ1) is 12.7. The number of piperazine rings is 1. The van der Waals surface area contributed by atoms with Gasteiger partial charge < -0.3 is 4.90 Å². The van der Waals surface area contributed by atoms with E-state index in [-0.39, 0.29) is 5.43 Å². The van der Waals surface area contributed by atoms with E-state index in [1.807, 2.05) is 6.07 Å². The number of fused-ring (bicyclic) bond motifs is 4. The molecule has 2 atom stereocenters. The second-order valence-electron chi connectivity index (χ2n) is 7.96. The van der Waals surface area contributed by atoms with Crippen molar-refractivity contribution in [1.29, 1.82) is 0 Å². The van der Waals surface area contributed by atoms with Gasteiger partial charge in [-0.05, 0) is 56.0 Å². The number of hydrogen-bond acceptors (Lipinski definition) is 5. The van der Waals surface area contributed by atoms with E-state index in [2.05, 4.69) is 28.0 Å². The highest BCUT2D eigenvalue weighted by Crippen LogP contribution is 2.41. The fourth-order valence-corrected chi connectivity index (χ4v) is 5.93. The molecule has 5 aliphatic rings. The molecule has 3 heterocycles. The van der Waals surface area contributed by atoms with E-state index in [0.717, 1.165) is 52.0 Å². The Hall–Kier alpha value is -1.98. The molecule has 2 bridgehead atoms. The van der Waals surface area contributed by atoms with Crippen LogP contribution in [0.15, 0.2) is 41.2 Å². The molecule has 1 saturated carbocycles. The Labute approximate surface area is 156 Å². The van der Waals surface area contributed by atoms with Crippen LogP contribution < -0.4 is 10.3 Å². The van der Waals surface area contributed by atoms with Gasteiger partial charge in [0.2, 0.25) is 0 Å². The molecule has 0 radical (unpaired) electrons. The van der Waals surface area contributed by atoms with Gasteiger partial charge in [-0.3, -0.25) is 9.69 Å². The summed E-state index contributed by atoms with van der Waals surface area (Å²) < 4.78 is 1.16. The Morgan fingerprint density at radius 2 is 1.69 bits per heavy atom. The second-order valence-corrected chi connectivity index (χ2v) is 9.05. The van der Waals surface area contributed by atoms with Crippen LogP contribution in [0, 0.1) is 0 Å². The molecule has 2 saturated heterocycles. The summed E-state index contributed by atoms with van der Waals surface area (Å²) in [6.07, 6.45) is 5.52. The Kier molecular flexibility index (Phi) is 3.20. The monoisotopic (exact) mass is 363 g/mol. The Bertz CT molecular complexity index is 1010. The van der Waals surface area contributed by atoms with Gasteiger partial charge in [0.1, 0.15) is 0 Å². The van der Waals surface area contributed by atoms with Gasteiger partial charge in [0.25, 0.3) is 0 Å². The molecule has 1 aromatic rings. The molecule has 26 heavy (non-hydrogen) atoms. The van der Waals surface area contributed by atoms with Crippen LogP contribution in [0.5, 0.6) is 0 Å². The van der Waals surface area contributed by atoms with Crippen molar-refractivity contribution in [3.8, 4) is 10.6 Å². The van der Waals surface area contributed by atoms with Crippen molar-refractivity contribution in [1.82, 2.24) is 9.88 Å². The Morgan fingerprint density at radius 3 is 2.46 bits per heavy atom. The Balaban J connectivity index is 1.37.